The molecule has 0 spiro atoms. The van der Waals surface area contributed by atoms with Gasteiger partial charge in [0, 0.05) is 17.3 Å². The monoisotopic (exact) mass is 363 g/mol. The van der Waals surface area contributed by atoms with Crippen molar-refractivity contribution in [3.8, 4) is 0 Å². The van der Waals surface area contributed by atoms with E-state index < -0.39 is 22.0 Å². The standard InChI is InChI=1S/C12H14BrNO5S/c1-2-9(15)7-11(12(16)17)14-20(18,19)10-5-3-8(13)4-6-10/h3-6,11,14H,2,7H2,1H3,(H,16,17). The van der Waals surface area contributed by atoms with Gasteiger partial charge < -0.3 is 5.11 Å². The summed E-state index contributed by atoms with van der Waals surface area (Å²) in [6, 6.07) is 4.28. The molecule has 0 saturated carbocycles. The highest BCUT2D eigenvalue weighted by Gasteiger charge is 2.27. The largest absolute Gasteiger partial charge is 0.480 e. The first-order valence-corrected chi connectivity index (χ1v) is 8.06. The van der Waals surface area contributed by atoms with Crippen molar-refractivity contribution in [1.82, 2.24) is 4.72 Å². The molecule has 1 unspecified atom stereocenters. The number of carboxylic acid groups (broad SMARTS) is 1. The summed E-state index contributed by atoms with van der Waals surface area (Å²) in [5.74, 6) is -1.71. The molecule has 20 heavy (non-hydrogen) atoms. The molecule has 0 aliphatic heterocycles. The van der Waals surface area contributed by atoms with Crippen LogP contribution in [-0.2, 0) is 19.6 Å². The fraction of sp³-hybridized carbons (Fsp3) is 0.333. The minimum Gasteiger partial charge on any atom is -0.480 e. The molecule has 0 aliphatic carbocycles. The Morgan fingerprint density at radius 2 is 1.85 bits per heavy atom. The second-order valence-electron chi connectivity index (χ2n) is 4.06. The molecule has 0 aliphatic rings. The molecule has 1 aromatic carbocycles. The van der Waals surface area contributed by atoms with Gasteiger partial charge in [0.05, 0.1) is 4.90 Å². The number of halogens is 1. The van der Waals surface area contributed by atoms with E-state index in [-0.39, 0.29) is 23.5 Å². The number of hydrogen-bond donors (Lipinski definition) is 2. The first-order chi connectivity index (χ1) is 9.26. The molecule has 0 radical (unpaired) electrons. The zero-order valence-electron chi connectivity index (χ0n) is 10.7. The summed E-state index contributed by atoms with van der Waals surface area (Å²) >= 11 is 3.17. The maximum atomic E-state index is 12.0. The second-order valence-corrected chi connectivity index (χ2v) is 6.69. The molecule has 0 aromatic heterocycles. The minimum atomic E-state index is -3.98. The summed E-state index contributed by atoms with van der Waals surface area (Å²) in [4.78, 5) is 22.3. The van der Waals surface area contributed by atoms with Gasteiger partial charge in [0.2, 0.25) is 10.0 Å². The Bertz CT molecular complexity index is 597. The van der Waals surface area contributed by atoms with Gasteiger partial charge in [-0.3, -0.25) is 9.59 Å². The van der Waals surface area contributed by atoms with Crippen LogP contribution < -0.4 is 4.72 Å². The van der Waals surface area contributed by atoms with Gasteiger partial charge in [0.15, 0.2) is 0 Å². The number of carbonyl (C=O) groups is 2. The molecular formula is C12H14BrNO5S. The molecule has 1 aromatic rings. The highest BCUT2D eigenvalue weighted by Crippen LogP contribution is 2.15. The van der Waals surface area contributed by atoms with Crippen LogP contribution in [0.15, 0.2) is 33.6 Å². The van der Waals surface area contributed by atoms with Gasteiger partial charge in [0.25, 0.3) is 0 Å². The van der Waals surface area contributed by atoms with Gasteiger partial charge in [-0.25, -0.2) is 8.42 Å². The number of benzene rings is 1. The van der Waals surface area contributed by atoms with Crippen LogP contribution in [-0.4, -0.2) is 31.3 Å². The SMILES string of the molecule is CCC(=O)CC(NS(=O)(=O)c1ccc(Br)cc1)C(=O)O. The molecule has 8 heteroatoms. The van der Waals surface area contributed by atoms with Crippen molar-refractivity contribution in [3.05, 3.63) is 28.7 Å². The van der Waals surface area contributed by atoms with Gasteiger partial charge >= 0.3 is 5.97 Å². The predicted molar refractivity (Wildman–Crippen MR) is 75.8 cm³/mol. The second kappa shape index (κ2) is 6.96. The van der Waals surface area contributed by atoms with Crippen LogP contribution in [0.2, 0.25) is 0 Å². The lowest BCUT2D eigenvalue weighted by atomic mass is 10.1. The van der Waals surface area contributed by atoms with Crippen LogP contribution in [0, 0.1) is 0 Å². The molecule has 110 valence electrons. The van der Waals surface area contributed by atoms with E-state index in [1.54, 1.807) is 6.92 Å². The van der Waals surface area contributed by atoms with E-state index in [1.807, 2.05) is 4.72 Å². The topological polar surface area (TPSA) is 101 Å². The van der Waals surface area contributed by atoms with Gasteiger partial charge in [-0.05, 0) is 24.3 Å². The molecule has 1 rings (SSSR count). The smallest absolute Gasteiger partial charge is 0.322 e. The molecule has 1 atom stereocenters. The van der Waals surface area contributed by atoms with Crippen molar-refractivity contribution < 1.29 is 23.1 Å². The highest BCUT2D eigenvalue weighted by atomic mass is 79.9. The summed E-state index contributed by atoms with van der Waals surface area (Å²) < 4.78 is 26.8. The van der Waals surface area contributed by atoms with Gasteiger partial charge in [-0.1, -0.05) is 22.9 Å². The number of nitrogens with one attached hydrogen (secondary N) is 1. The Morgan fingerprint density at radius 3 is 2.30 bits per heavy atom. The first kappa shape index (κ1) is 16.8. The van der Waals surface area contributed by atoms with Crippen molar-refractivity contribution >= 4 is 37.7 Å². The number of sulfonamides is 1. The van der Waals surface area contributed by atoms with Crippen molar-refractivity contribution in [2.75, 3.05) is 0 Å². The fourth-order valence-electron chi connectivity index (χ4n) is 1.42. The van der Waals surface area contributed by atoms with E-state index in [2.05, 4.69) is 15.9 Å². The summed E-state index contributed by atoms with van der Waals surface area (Å²) in [7, 11) is -3.98. The molecule has 0 heterocycles. The van der Waals surface area contributed by atoms with E-state index in [4.69, 9.17) is 5.11 Å². The number of Topliss-reactive ketones (excluding diaryl/α,β-unsaturated/α-hetero) is 1. The summed E-state index contributed by atoms with van der Waals surface area (Å²) in [6.07, 6.45) is -0.217. The summed E-state index contributed by atoms with van der Waals surface area (Å²) in [5, 5.41) is 8.99. The quantitative estimate of drug-likeness (QED) is 0.765. The van der Waals surface area contributed by atoms with Gasteiger partial charge in [-0.15, -0.1) is 0 Å². The van der Waals surface area contributed by atoms with Crippen molar-refractivity contribution in [1.29, 1.82) is 0 Å². The Morgan fingerprint density at radius 1 is 1.30 bits per heavy atom. The average molecular weight is 364 g/mol. The van der Waals surface area contributed by atoms with Crippen LogP contribution in [0.1, 0.15) is 19.8 Å². The van der Waals surface area contributed by atoms with Gasteiger partial charge in [0.1, 0.15) is 11.8 Å². The lowest BCUT2D eigenvalue weighted by molar-refractivity contribution is -0.140. The zero-order chi connectivity index (χ0) is 15.3. The van der Waals surface area contributed by atoms with Crippen LogP contribution in [0.3, 0.4) is 0 Å². The third kappa shape index (κ3) is 4.69. The van der Waals surface area contributed by atoms with Crippen LogP contribution in [0.25, 0.3) is 0 Å². The summed E-state index contributed by atoms with van der Waals surface area (Å²) in [6.45, 7) is 1.59. The van der Waals surface area contributed by atoms with Crippen molar-refractivity contribution in [2.45, 2.75) is 30.7 Å². The van der Waals surface area contributed by atoms with E-state index in [1.165, 1.54) is 24.3 Å². The number of carboxylic acids is 1. The number of rotatable bonds is 7. The van der Waals surface area contributed by atoms with Crippen molar-refractivity contribution in [2.24, 2.45) is 0 Å². The molecule has 0 amide bonds. The number of ketones is 1. The third-order valence-corrected chi connectivity index (χ3v) is 4.56. The van der Waals surface area contributed by atoms with Crippen LogP contribution in [0.4, 0.5) is 0 Å². The normalized spacial score (nSPS) is 12.9. The molecular weight excluding hydrogens is 350 g/mol. The van der Waals surface area contributed by atoms with E-state index in [0.717, 1.165) is 0 Å². The zero-order valence-corrected chi connectivity index (χ0v) is 13.1. The minimum absolute atomic E-state index is 0.0594. The van der Waals surface area contributed by atoms with E-state index in [0.29, 0.717) is 4.47 Å². The van der Waals surface area contributed by atoms with E-state index in [9.17, 15) is 18.0 Å². The maximum Gasteiger partial charge on any atom is 0.322 e. The third-order valence-electron chi connectivity index (χ3n) is 2.55. The number of aliphatic carboxylic acids is 1. The molecule has 2 N–H and O–H groups in total. The lowest BCUT2D eigenvalue weighted by Gasteiger charge is -2.14. The van der Waals surface area contributed by atoms with E-state index >= 15 is 0 Å². The highest BCUT2D eigenvalue weighted by molar-refractivity contribution is 9.10. The van der Waals surface area contributed by atoms with Crippen molar-refractivity contribution in [3.63, 3.8) is 0 Å². The Labute approximate surface area is 125 Å². The summed E-state index contributed by atoms with van der Waals surface area (Å²) in [5.41, 5.74) is 0. The molecule has 0 fully saturated rings. The fourth-order valence-corrected chi connectivity index (χ4v) is 2.87. The maximum absolute atomic E-state index is 12.0. The number of carbonyl (C=O) groups excluding carboxylic acids is 1. The number of hydrogen-bond acceptors (Lipinski definition) is 4. The predicted octanol–water partition coefficient (Wildman–Crippen LogP) is 1.55. The Hall–Kier alpha value is -1.25. The molecule has 0 bridgehead atoms. The average Bonchev–Trinajstić information content (AvgIpc) is 2.37. The van der Waals surface area contributed by atoms with Crippen LogP contribution >= 0.6 is 15.9 Å². The Balaban J connectivity index is 2.94. The Kier molecular flexibility index (Phi) is 5.85. The van der Waals surface area contributed by atoms with Crippen LogP contribution in [0.5, 0.6) is 0 Å². The lowest BCUT2D eigenvalue weighted by Crippen LogP contribution is -2.42. The molecule has 6 nitrogen and oxygen atoms in total. The van der Waals surface area contributed by atoms with Gasteiger partial charge in [-0.2, -0.15) is 4.72 Å². The molecule has 0 saturated heterocycles. The first-order valence-electron chi connectivity index (χ1n) is 5.78.